The predicted molar refractivity (Wildman–Crippen MR) is 128 cm³/mol. The topological polar surface area (TPSA) is 58.8 Å². The number of nitrogens with zero attached hydrogens (tertiary/aromatic N) is 3. The van der Waals surface area contributed by atoms with E-state index in [2.05, 4.69) is 10.1 Å². The Balaban J connectivity index is 1.53. The van der Waals surface area contributed by atoms with Gasteiger partial charge in [-0.05, 0) is 44.2 Å². The highest BCUT2D eigenvalue weighted by Crippen LogP contribution is 2.34. The third kappa shape index (κ3) is 4.85. The quantitative estimate of drug-likeness (QED) is 0.476. The SMILES string of the molecule is O=C(c1ccccc1F)N(Cc1c(-c2ccccc2)noc1N1CCCCC1)C[C@@H]1CCCO1. The summed E-state index contributed by atoms with van der Waals surface area (Å²) in [4.78, 5) is 17.5. The van der Waals surface area contributed by atoms with Crippen LogP contribution in [0.1, 0.15) is 48.0 Å². The van der Waals surface area contributed by atoms with E-state index >= 15 is 0 Å². The number of hydrogen-bond acceptors (Lipinski definition) is 5. The molecule has 0 bridgehead atoms. The van der Waals surface area contributed by atoms with E-state index in [1.807, 2.05) is 30.3 Å². The first-order valence-corrected chi connectivity index (χ1v) is 12.1. The molecule has 7 heteroatoms. The van der Waals surface area contributed by atoms with E-state index in [9.17, 15) is 9.18 Å². The lowest BCUT2D eigenvalue weighted by Gasteiger charge is -2.29. The van der Waals surface area contributed by atoms with E-state index in [4.69, 9.17) is 9.26 Å². The van der Waals surface area contributed by atoms with Crippen LogP contribution in [0.3, 0.4) is 0 Å². The molecule has 0 unspecified atom stereocenters. The van der Waals surface area contributed by atoms with E-state index in [0.29, 0.717) is 19.0 Å². The summed E-state index contributed by atoms with van der Waals surface area (Å²) in [6, 6.07) is 16.0. The lowest BCUT2D eigenvalue weighted by atomic mass is 10.0. The summed E-state index contributed by atoms with van der Waals surface area (Å²) in [6.45, 7) is 3.14. The molecule has 0 spiro atoms. The maximum absolute atomic E-state index is 14.6. The molecular formula is C27H30FN3O3. The van der Waals surface area contributed by atoms with Gasteiger partial charge in [-0.1, -0.05) is 47.6 Å². The minimum atomic E-state index is -0.519. The van der Waals surface area contributed by atoms with Crippen molar-refractivity contribution in [1.82, 2.24) is 10.1 Å². The van der Waals surface area contributed by atoms with E-state index < -0.39 is 5.82 Å². The molecular weight excluding hydrogens is 433 g/mol. The Morgan fingerprint density at radius 1 is 1.03 bits per heavy atom. The minimum Gasteiger partial charge on any atom is -0.376 e. The van der Waals surface area contributed by atoms with E-state index in [1.54, 1.807) is 17.0 Å². The Morgan fingerprint density at radius 2 is 1.79 bits per heavy atom. The zero-order valence-electron chi connectivity index (χ0n) is 19.3. The first-order chi connectivity index (χ1) is 16.7. The van der Waals surface area contributed by atoms with Crippen molar-refractivity contribution in [3.05, 3.63) is 71.5 Å². The molecule has 2 aromatic carbocycles. The molecule has 2 saturated heterocycles. The average Bonchev–Trinajstić information content (AvgIpc) is 3.55. The van der Waals surface area contributed by atoms with Gasteiger partial charge in [0.2, 0.25) is 5.88 Å². The highest BCUT2D eigenvalue weighted by Gasteiger charge is 2.30. The molecule has 3 aromatic rings. The highest BCUT2D eigenvalue weighted by molar-refractivity contribution is 5.94. The van der Waals surface area contributed by atoms with E-state index in [0.717, 1.165) is 55.6 Å². The molecule has 0 N–H and O–H groups in total. The second kappa shape index (κ2) is 10.4. The van der Waals surface area contributed by atoms with Gasteiger partial charge in [0.25, 0.3) is 5.91 Å². The Morgan fingerprint density at radius 3 is 2.53 bits per heavy atom. The van der Waals surface area contributed by atoms with Crippen LogP contribution < -0.4 is 4.90 Å². The number of benzene rings is 2. The average molecular weight is 464 g/mol. The van der Waals surface area contributed by atoms with Crippen LogP contribution in [0.5, 0.6) is 0 Å². The van der Waals surface area contributed by atoms with Gasteiger partial charge in [-0.3, -0.25) is 4.79 Å². The van der Waals surface area contributed by atoms with Gasteiger partial charge in [-0.25, -0.2) is 4.39 Å². The summed E-state index contributed by atoms with van der Waals surface area (Å²) in [7, 11) is 0. The van der Waals surface area contributed by atoms with Crippen LogP contribution in [-0.2, 0) is 11.3 Å². The molecule has 34 heavy (non-hydrogen) atoms. The van der Waals surface area contributed by atoms with Crippen molar-refractivity contribution in [2.75, 3.05) is 31.1 Å². The van der Waals surface area contributed by atoms with Crippen LogP contribution in [0.4, 0.5) is 10.3 Å². The highest BCUT2D eigenvalue weighted by atomic mass is 19.1. The number of aromatic nitrogens is 1. The fourth-order valence-electron chi connectivity index (χ4n) is 4.86. The fourth-order valence-corrected chi connectivity index (χ4v) is 4.86. The van der Waals surface area contributed by atoms with Crippen LogP contribution in [0, 0.1) is 5.82 Å². The monoisotopic (exact) mass is 463 g/mol. The molecule has 5 rings (SSSR count). The number of amides is 1. The molecule has 6 nitrogen and oxygen atoms in total. The summed E-state index contributed by atoms with van der Waals surface area (Å²) in [5.74, 6) is -0.162. The Labute approximate surface area is 199 Å². The number of rotatable bonds is 7. The summed E-state index contributed by atoms with van der Waals surface area (Å²) in [5, 5.41) is 4.44. The molecule has 0 saturated carbocycles. The lowest BCUT2D eigenvalue weighted by Crippen LogP contribution is -2.38. The van der Waals surface area contributed by atoms with Crippen molar-refractivity contribution in [3.63, 3.8) is 0 Å². The van der Waals surface area contributed by atoms with Gasteiger partial charge in [0.1, 0.15) is 11.5 Å². The first kappa shape index (κ1) is 22.6. The molecule has 3 heterocycles. The van der Waals surface area contributed by atoms with Crippen LogP contribution in [0.2, 0.25) is 0 Å². The van der Waals surface area contributed by atoms with Crippen molar-refractivity contribution in [3.8, 4) is 11.3 Å². The predicted octanol–water partition coefficient (Wildman–Crippen LogP) is 5.29. The molecule has 0 radical (unpaired) electrons. The normalized spacial score (nSPS) is 18.3. The second-order valence-corrected chi connectivity index (χ2v) is 9.03. The molecule has 1 atom stereocenters. The summed E-state index contributed by atoms with van der Waals surface area (Å²) < 4.78 is 26.3. The number of hydrogen-bond donors (Lipinski definition) is 0. The minimum absolute atomic E-state index is 0.0609. The van der Waals surface area contributed by atoms with Crippen molar-refractivity contribution in [1.29, 1.82) is 0 Å². The summed E-state index contributed by atoms with van der Waals surface area (Å²) in [5.41, 5.74) is 2.58. The third-order valence-electron chi connectivity index (χ3n) is 6.65. The first-order valence-electron chi connectivity index (χ1n) is 12.1. The van der Waals surface area contributed by atoms with E-state index in [1.165, 1.54) is 18.6 Å². The third-order valence-corrected chi connectivity index (χ3v) is 6.65. The number of halogens is 1. The number of carbonyl (C=O) groups is 1. The van der Waals surface area contributed by atoms with Gasteiger partial charge >= 0.3 is 0 Å². The zero-order valence-corrected chi connectivity index (χ0v) is 19.3. The standard InChI is InChI=1S/C27H30FN3O3/c28-24-14-6-5-13-22(24)26(32)31(18-21-12-9-17-33-21)19-23-25(20-10-3-1-4-11-20)29-34-27(23)30-15-7-2-8-16-30/h1,3-6,10-11,13-14,21H,2,7-9,12,15-19H2/t21-/m0/s1. The number of carbonyl (C=O) groups excluding carboxylic acids is 1. The second-order valence-electron chi connectivity index (χ2n) is 9.03. The lowest BCUT2D eigenvalue weighted by molar-refractivity contribution is 0.0504. The van der Waals surface area contributed by atoms with E-state index in [-0.39, 0.29) is 24.1 Å². The molecule has 0 aliphatic carbocycles. The maximum atomic E-state index is 14.6. The van der Waals surface area contributed by atoms with Crippen molar-refractivity contribution < 1.29 is 18.4 Å². The van der Waals surface area contributed by atoms with Gasteiger partial charge in [0, 0.05) is 31.8 Å². The van der Waals surface area contributed by atoms with Gasteiger partial charge in [-0.2, -0.15) is 0 Å². The van der Waals surface area contributed by atoms with Crippen molar-refractivity contribution in [2.24, 2.45) is 0 Å². The van der Waals surface area contributed by atoms with Crippen LogP contribution in [0.25, 0.3) is 11.3 Å². The van der Waals surface area contributed by atoms with Gasteiger partial charge < -0.3 is 19.1 Å². The smallest absolute Gasteiger partial charge is 0.257 e. The Kier molecular flexibility index (Phi) is 6.90. The largest absolute Gasteiger partial charge is 0.376 e. The molecule has 2 aliphatic heterocycles. The van der Waals surface area contributed by atoms with Gasteiger partial charge in [0.15, 0.2) is 0 Å². The summed E-state index contributed by atoms with van der Waals surface area (Å²) >= 11 is 0. The fraction of sp³-hybridized carbons (Fsp3) is 0.407. The van der Waals surface area contributed by atoms with Crippen LogP contribution >= 0.6 is 0 Å². The number of piperidine rings is 1. The van der Waals surface area contributed by atoms with Crippen LogP contribution in [0.15, 0.2) is 59.1 Å². The number of ether oxygens (including phenoxy) is 1. The summed E-state index contributed by atoms with van der Waals surface area (Å²) in [6.07, 6.45) is 5.17. The molecule has 1 amide bonds. The van der Waals surface area contributed by atoms with Gasteiger partial charge in [0.05, 0.1) is 23.8 Å². The van der Waals surface area contributed by atoms with Gasteiger partial charge in [-0.15, -0.1) is 0 Å². The Bertz CT molecular complexity index is 1110. The molecule has 178 valence electrons. The zero-order chi connectivity index (χ0) is 23.3. The van der Waals surface area contributed by atoms with Crippen molar-refractivity contribution >= 4 is 11.8 Å². The maximum Gasteiger partial charge on any atom is 0.257 e. The number of anilines is 1. The molecule has 1 aromatic heterocycles. The molecule has 2 fully saturated rings. The van der Waals surface area contributed by atoms with Crippen molar-refractivity contribution in [2.45, 2.75) is 44.8 Å². The van der Waals surface area contributed by atoms with Crippen LogP contribution in [-0.4, -0.2) is 48.3 Å². The Hall–Kier alpha value is -3.19. The molecule has 2 aliphatic rings.